The SMILES string of the molecule is C=CN1CCN(Cc2ccc(F)cc2)CC1C.CC/C=C/c1ccc(Cl)cc1C#CCN(C)C. The van der Waals surface area contributed by atoms with Gasteiger partial charge in [-0.25, -0.2) is 4.39 Å². The van der Waals surface area contributed by atoms with Crippen molar-refractivity contribution < 1.29 is 4.39 Å². The summed E-state index contributed by atoms with van der Waals surface area (Å²) in [4.78, 5) is 6.71. The molecule has 182 valence electrons. The van der Waals surface area contributed by atoms with Gasteiger partial charge in [0.1, 0.15) is 5.82 Å². The van der Waals surface area contributed by atoms with Crippen LogP contribution in [0.15, 0.2) is 61.3 Å². The number of hydrogen-bond donors (Lipinski definition) is 0. The average molecular weight is 482 g/mol. The molecule has 2 aromatic carbocycles. The van der Waals surface area contributed by atoms with Gasteiger partial charge in [0.2, 0.25) is 0 Å². The molecule has 0 N–H and O–H groups in total. The maximum absolute atomic E-state index is 12.8. The molecule has 1 unspecified atom stereocenters. The number of rotatable bonds is 6. The minimum absolute atomic E-state index is 0.168. The molecule has 0 amide bonds. The maximum atomic E-state index is 12.8. The van der Waals surface area contributed by atoms with Gasteiger partial charge in [0.25, 0.3) is 0 Å². The van der Waals surface area contributed by atoms with E-state index in [0.717, 1.165) is 55.3 Å². The van der Waals surface area contributed by atoms with Crippen LogP contribution in [-0.4, -0.2) is 61.0 Å². The maximum Gasteiger partial charge on any atom is 0.123 e. The van der Waals surface area contributed by atoms with Gasteiger partial charge in [0, 0.05) is 42.8 Å². The molecule has 1 heterocycles. The van der Waals surface area contributed by atoms with Crippen LogP contribution in [0, 0.1) is 17.7 Å². The van der Waals surface area contributed by atoms with Crippen molar-refractivity contribution in [3.8, 4) is 11.8 Å². The monoisotopic (exact) mass is 481 g/mol. The molecule has 1 aliphatic rings. The summed E-state index contributed by atoms with van der Waals surface area (Å²) in [5, 5.41) is 0.729. The number of hydrogen-bond acceptors (Lipinski definition) is 3. The predicted octanol–water partition coefficient (Wildman–Crippen LogP) is 6.15. The van der Waals surface area contributed by atoms with Gasteiger partial charge < -0.3 is 4.90 Å². The lowest BCUT2D eigenvalue weighted by Crippen LogP contribution is -2.48. The van der Waals surface area contributed by atoms with Crippen LogP contribution in [0.4, 0.5) is 4.39 Å². The summed E-state index contributed by atoms with van der Waals surface area (Å²) in [6.07, 6.45) is 7.16. The summed E-state index contributed by atoms with van der Waals surface area (Å²) in [6, 6.07) is 13.1. The Bertz CT molecular complexity index is 989. The van der Waals surface area contributed by atoms with Crippen molar-refractivity contribution in [1.29, 1.82) is 0 Å². The molecule has 0 radical (unpaired) electrons. The third-order valence-corrected chi connectivity index (χ3v) is 5.72. The van der Waals surface area contributed by atoms with E-state index in [-0.39, 0.29) is 5.82 Å². The Kier molecular flexibility index (Phi) is 11.9. The highest BCUT2D eigenvalue weighted by molar-refractivity contribution is 6.30. The number of halogens is 2. The van der Waals surface area contributed by atoms with Crippen molar-refractivity contribution >= 4 is 17.7 Å². The fourth-order valence-corrected chi connectivity index (χ4v) is 3.80. The zero-order chi connectivity index (χ0) is 24.9. The Balaban J connectivity index is 0.000000240. The molecule has 0 saturated carbocycles. The second-order valence-corrected chi connectivity index (χ2v) is 9.15. The molecule has 0 aromatic heterocycles. The molecule has 3 nitrogen and oxygen atoms in total. The zero-order valence-corrected chi connectivity index (χ0v) is 21.7. The second kappa shape index (κ2) is 14.6. The lowest BCUT2D eigenvalue weighted by molar-refractivity contribution is 0.116. The second-order valence-electron chi connectivity index (χ2n) is 8.71. The third kappa shape index (κ3) is 9.73. The van der Waals surface area contributed by atoms with E-state index in [0.29, 0.717) is 6.04 Å². The molecule has 34 heavy (non-hydrogen) atoms. The number of nitrogens with zero attached hydrogens (tertiary/aromatic N) is 3. The molecule has 1 aliphatic heterocycles. The minimum Gasteiger partial charge on any atom is -0.373 e. The fourth-order valence-electron chi connectivity index (χ4n) is 3.63. The third-order valence-electron chi connectivity index (χ3n) is 5.48. The van der Waals surface area contributed by atoms with Crippen LogP contribution in [0.5, 0.6) is 0 Å². The van der Waals surface area contributed by atoms with Crippen LogP contribution in [0.3, 0.4) is 0 Å². The normalized spacial score (nSPS) is 16.1. The number of benzene rings is 2. The van der Waals surface area contributed by atoms with Gasteiger partial charge >= 0.3 is 0 Å². The van der Waals surface area contributed by atoms with E-state index < -0.39 is 0 Å². The van der Waals surface area contributed by atoms with Crippen LogP contribution in [-0.2, 0) is 6.54 Å². The molecule has 2 aromatic rings. The molecule has 5 heteroatoms. The Morgan fingerprint density at radius 3 is 2.53 bits per heavy atom. The van der Waals surface area contributed by atoms with Crippen molar-refractivity contribution in [2.24, 2.45) is 0 Å². The van der Waals surface area contributed by atoms with E-state index in [1.54, 1.807) is 0 Å². The molecule has 0 aliphatic carbocycles. The van der Waals surface area contributed by atoms with Crippen LogP contribution in [0.2, 0.25) is 5.02 Å². The summed E-state index contributed by atoms with van der Waals surface area (Å²) >= 11 is 5.99. The van der Waals surface area contributed by atoms with E-state index >= 15 is 0 Å². The lowest BCUT2D eigenvalue weighted by Gasteiger charge is -2.39. The zero-order valence-electron chi connectivity index (χ0n) is 20.9. The smallest absolute Gasteiger partial charge is 0.123 e. The van der Waals surface area contributed by atoms with Crippen molar-refractivity contribution in [2.45, 2.75) is 32.9 Å². The van der Waals surface area contributed by atoms with Gasteiger partial charge in [-0.05, 0) is 69.0 Å². The molecule has 1 fully saturated rings. The first kappa shape index (κ1) is 27.7. The fraction of sp³-hybridized carbons (Fsp3) is 0.379. The molecule has 3 rings (SSSR count). The standard InChI is InChI=1S/C15H18ClN.C14H19FN2/c1-4-5-7-13-9-10-15(16)12-14(13)8-6-11-17(2)3;1-3-17-9-8-16(10-12(17)2)11-13-4-6-14(15)7-5-13/h5,7,9-10,12H,4,11H2,1-3H3;3-7,12H,1,8-11H2,2H3/b7-5+;. The Labute approximate surface area is 210 Å². The Hall–Kier alpha value is -2.58. The number of allylic oxidation sites excluding steroid dienone is 1. The lowest BCUT2D eigenvalue weighted by atomic mass is 10.1. The van der Waals surface area contributed by atoms with Crippen molar-refractivity contribution in [2.75, 3.05) is 40.3 Å². The highest BCUT2D eigenvalue weighted by Crippen LogP contribution is 2.17. The number of piperazine rings is 1. The van der Waals surface area contributed by atoms with Crippen LogP contribution < -0.4 is 0 Å². The van der Waals surface area contributed by atoms with Gasteiger partial charge in [0.05, 0.1) is 6.54 Å². The van der Waals surface area contributed by atoms with Crippen LogP contribution >= 0.6 is 11.6 Å². The first-order valence-electron chi connectivity index (χ1n) is 11.8. The van der Waals surface area contributed by atoms with Gasteiger partial charge in [0.15, 0.2) is 0 Å². The summed E-state index contributed by atoms with van der Waals surface area (Å²) in [6.45, 7) is 12.9. The molecule has 1 saturated heterocycles. The first-order chi connectivity index (χ1) is 16.3. The van der Waals surface area contributed by atoms with Crippen molar-refractivity contribution in [3.63, 3.8) is 0 Å². The van der Waals surface area contributed by atoms with Crippen LogP contribution in [0.25, 0.3) is 6.08 Å². The van der Waals surface area contributed by atoms with Gasteiger partial charge in [-0.2, -0.15) is 0 Å². The van der Waals surface area contributed by atoms with E-state index in [1.807, 2.05) is 55.5 Å². The molecule has 0 spiro atoms. The van der Waals surface area contributed by atoms with E-state index in [2.05, 4.69) is 54.2 Å². The van der Waals surface area contributed by atoms with E-state index in [1.165, 1.54) is 17.7 Å². The highest BCUT2D eigenvalue weighted by Gasteiger charge is 2.20. The highest BCUT2D eigenvalue weighted by atomic mass is 35.5. The van der Waals surface area contributed by atoms with Crippen molar-refractivity contribution in [3.05, 3.63) is 88.8 Å². The largest absolute Gasteiger partial charge is 0.373 e. The minimum atomic E-state index is -0.168. The van der Waals surface area contributed by atoms with Crippen molar-refractivity contribution in [1.82, 2.24) is 14.7 Å². The molecule has 1 atom stereocenters. The van der Waals surface area contributed by atoms with E-state index in [4.69, 9.17) is 11.6 Å². The van der Waals surface area contributed by atoms with Gasteiger partial charge in [-0.1, -0.05) is 67.3 Å². The van der Waals surface area contributed by atoms with E-state index in [9.17, 15) is 4.39 Å². The van der Waals surface area contributed by atoms with Gasteiger partial charge in [-0.15, -0.1) is 0 Å². The summed E-state index contributed by atoms with van der Waals surface area (Å²) in [7, 11) is 4.01. The predicted molar refractivity (Wildman–Crippen MR) is 144 cm³/mol. The molecular formula is C29H37ClFN3. The summed E-state index contributed by atoms with van der Waals surface area (Å²) < 4.78 is 12.8. The van der Waals surface area contributed by atoms with Gasteiger partial charge in [-0.3, -0.25) is 9.80 Å². The summed E-state index contributed by atoms with van der Waals surface area (Å²) in [5.74, 6) is 6.13. The molecular weight excluding hydrogens is 445 g/mol. The topological polar surface area (TPSA) is 9.72 Å². The quantitative estimate of drug-likeness (QED) is 0.458. The molecule has 0 bridgehead atoms. The Morgan fingerprint density at radius 2 is 1.91 bits per heavy atom. The summed E-state index contributed by atoms with van der Waals surface area (Å²) in [5.41, 5.74) is 3.29. The first-order valence-corrected chi connectivity index (χ1v) is 12.1. The van der Waals surface area contributed by atoms with Crippen LogP contribution in [0.1, 0.15) is 37.0 Å². The average Bonchev–Trinajstić information content (AvgIpc) is 2.80. The Morgan fingerprint density at radius 1 is 1.18 bits per heavy atom.